The van der Waals surface area contributed by atoms with Crippen LogP contribution in [0.5, 0.6) is 0 Å². The summed E-state index contributed by atoms with van der Waals surface area (Å²) in [5, 5.41) is 7.29. The number of rotatable bonds is 1. The van der Waals surface area contributed by atoms with Crippen LogP contribution in [0, 0.1) is 5.92 Å². The second-order valence-corrected chi connectivity index (χ2v) is 5.06. The van der Waals surface area contributed by atoms with Crippen molar-refractivity contribution < 1.29 is 0 Å². The van der Waals surface area contributed by atoms with Crippen LogP contribution in [0.15, 0.2) is 24.3 Å². The topological polar surface area (TPSA) is 24.1 Å². The van der Waals surface area contributed by atoms with E-state index in [1.807, 2.05) is 0 Å². The van der Waals surface area contributed by atoms with Gasteiger partial charge in [0.1, 0.15) is 0 Å². The van der Waals surface area contributed by atoms with Crippen LogP contribution < -0.4 is 10.6 Å². The zero-order valence-electron chi connectivity index (χ0n) is 9.22. The van der Waals surface area contributed by atoms with E-state index in [9.17, 15) is 0 Å². The Hall–Kier alpha value is -1.02. The van der Waals surface area contributed by atoms with Crippen LogP contribution in [0.2, 0.25) is 0 Å². The summed E-state index contributed by atoms with van der Waals surface area (Å²) in [6.07, 6.45) is 2.78. The highest BCUT2D eigenvalue weighted by Crippen LogP contribution is 2.40. The summed E-state index contributed by atoms with van der Waals surface area (Å²) < 4.78 is 0. The van der Waals surface area contributed by atoms with Crippen molar-refractivity contribution in [2.45, 2.75) is 31.8 Å². The number of nitrogens with one attached hydrogen (secondary N) is 2. The molecule has 0 aromatic heterocycles. The normalized spacial score (nSPS) is 30.2. The molecule has 0 radical (unpaired) electrons. The number of para-hydroxylation sites is 1. The van der Waals surface area contributed by atoms with Gasteiger partial charge in [-0.25, -0.2) is 0 Å². The quantitative estimate of drug-likeness (QED) is 0.730. The summed E-state index contributed by atoms with van der Waals surface area (Å²) in [6, 6.07) is 8.59. The van der Waals surface area contributed by atoms with Crippen molar-refractivity contribution in [2.75, 3.05) is 11.9 Å². The lowest BCUT2D eigenvalue weighted by Gasteiger charge is -2.29. The largest absolute Gasteiger partial charge is 0.383 e. The molecule has 1 atom stereocenters. The molecule has 1 aromatic carbocycles. The fraction of sp³-hybridized carbons (Fsp3) is 0.538. The molecule has 0 saturated heterocycles. The highest BCUT2D eigenvalue weighted by Gasteiger charge is 2.41. The van der Waals surface area contributed by atoms with Gasteiger partial charge in [-0.2, -0.15) is 0 Å². The van der Waals surface area contributed by atoms with Gasteiger partial charge in [-0.05, 0) is 37.3 Å². The first-order chi connectivity index (χ1) is 7.28. The first kappa shape index (κ1) is 9.22. The van der Waals surface area contributed by atoms with Gasteiger partial charge in [0.05, 0.1) is 0 Å². The summed E-state index contributed by atoms with van der Waals surface area (Å²) >= 11 is 0. The number of fused-ring (bicyclic) bond motifs is 1. The lowest BCUT2D eigenvalue weighted by atomic mass is 9.96. The van der Waals surface area contributed by atoms with Crippen LogP contribution in [0.4, 0.5) is 5.69 Å². The Morgan fingerprint density at radius 1 is 1.27 bits per heavy atom. The van der Waals surface area contributed by atoms with Gasteiger partial charge in [0.15, 0.2) is 0 Å². The van der Waals surface area contributed by atoms with Crippen LogP contribution in [0.3, 0.4) is 0 Å². The second kappa shape index (κ2) is 3.24. The Kier molecular flexibility index (Phi) is 1.99. The Balaban J connectivity index is 1.85. The van der Waals surface area contributed by atoms with E-state index in [2.05, 4.69) is 41.8 Å². The maximum Gasteiger partial charge on any atom is 0.0386 e. The van der Waals surface area contributed by atoms with Crippen LogP contribution in [0.25, 0.3) is 0 Å². The van der Waals surface area contributed by atoms with Gasteiger partial charge in [0, 0.05) is 24.3 Å². The van der Waals surface area contributed by atoms with Crippen molar-refractivity contribution >= 4 is 5.69 Å². The third kappa shape index (κ3) is 1.63. The summed E-state index contributed by atoms with van der Waals surface area (Å²) in [5.41, 5.74) is 2.98. The third-order valence-corrected chi connectivity index (χ3v) is 3.82. The molecule has 1 saturated carbocycles. The van der Waals surface area contributed by atoms with Gasteiger partial charge in [-0.1, -0.05) is 18.2 Å². The standard InChI is InChI=1S/C13H18N2/c1-13(11-6-7-11)9-14-12-5-3-2-4-10(12)8-15-13/h2-5,11,14-15H,6-9H2,1H3. The monoisotopic (exact) mass is 202 g/mol. The molecule has 1 aliphatic heterocycles. The van der Waals surface area contributed by atoms with Gasteiger partial charge >= 0.3 is 0 Å². The van der Waals surface area contributed by atoms with E-state index in [4.69, 9.17) is 0 Å². The predicted octanol–water partition coefficient (Wildman–Crippen LogP) is 2.37. The van der Waals surface area contributed by atoms with Crippen LogP contribution in [-0.4, -0.2) is 12.1 Å². The molecule has 2 nitrogen and oxygen atoms in total. The molecule has 1 aromatic rings. The predicted molar refractivity (Wildman–Crippen MR) is 62.9 cm³/mol. The number of benzene rings is 1. The van der Waals surface area contributed by atoms with Crippen molar-refractivity contribution in [2.24, 2.45) is 5.92 Å². The fourth-order valence-corrected chi connectivity index (χ4v) is 2.49. The van der Waals surface area contributed by atoms with E-state index in [1.165, 1.54) is 24.1 Å². The summed E-state index contributed by atoms with van der Waals surface area (Å²) in [7, 11) is 0. The first-order valence-corrected chi connectivity index (χ1v) is 5.85. The SMILES string of the molecule is CC1(C2CC2)CNc2ccccc2CN1. The minimum Gasteiger partial charge on any atom is -0.383 e. The lowest BCUT2D eigenvalue weighted by molar-refractivity contribution is 0.331. The summed E-state index contributed by atoms with van der Waals surface area (Å²) in [5.74, 6) is 0.874. The molecule has 0 spiro atoms. The Morgan fingerprint density at radius 2 is 2.07 bits per heavy atom. The molecule has 2 N–H and O–H groups in total. The number of anilines is 1. The smallest absolute Gasteiger partial charge is 0.0386 e. The molecule has 80 valence electrons. The van der Waals surface area contributed by atoms with Crippen LogP contribution in [0.1, 0.15) is 25.3 Å². The lowest BCUT2D eigenvalue weighted by Crippen LogP contribution is -2.48. The fourth-order valence-electron chi connectivity index (χ4n) is 2.49. The zero-order valence-corrected chi connectivity index (χ0v) is 9.22. The maximum absolute atomic E-state index is 3.71. The molecule has 15 heavy (non-hydrogen) atoms. The minimum atomic E-state index is 0.291. The van der Waals surface area contributed by atoms with Crippen molar-refractivity contribution in [1.82, 2.24) is 5.32 Å². The average Bonchev–Trinajstić information content (AvgIpc) is 3.07. The number of hydrogen-bond donors (Lipinski definition) is 2. The minimum absolute atomic E-state index is 0.291. The van der Waals surface area contributed by atoms with E-state index in [0.29, 0.717) is 5.54 Å². The third-order valence-electron chi connectivity index (χ3n) is 3.82. The van der Waals surface area contributed by atoms with Crippen molar-refractivity contribution in [3.05, 3.63) is 29.8 Å². The van der Waals surface area contributed by atoms with Gasteiger partial charge in [0.2, 0.25) is 0 Å². The van der Waals surface area contributed by atoms with Gasteiger partial charge < -0.3 is 10.6 Å². The van der Waals surface area contributed by atoms with Crippen LogP contribution >= 0.6 is 0 Å². The van der Waals surface area contributed by atoms with Gasteiger partial charge in [-0.3, -0.25) is 0 Å². The molecule has 3 rings (SSSR count). The molecule has 2 aliphatic rings. The summed E-state index contributed by atoms with van der Waals surface area (Å²) in [4.78, 5) is 0. The molecule has 1 fully saturated rings. The van der Waals surface area contributed by atoms with E-state index in [1.54, 1.807) is 0 Å². The Labute approximate surface area is 91.1 Å². The van der Waals surface area contributed by atoms with E-state index in [-0.39, 0.29) is 0 Å². The number of hydrogen-bond acceptors (Lipinski definition) is 2. The molecule has 2 heteroatoms. The Morgan fingerprint density at radius 3 is 2.87 bits per heavy atom. The molecule has 0 bridgehead atoms. The second-order valence-electron chi connectivity index (χ2n) is 5.06. The molecular formula is C13H18N2. The van der Waals surface area contributed by atoms with Gasteiger partial charge in [0.25, 0.3) is 0 Å². The first-order valence-electron chi connectivity index (χ1n) is 5.85. The average molecular weight is 202 g/mol. The Bertz CT molecular complexity index is 342. The van der Waals surface area contributed by atoms with E-state index in [0.717, 1.165) is 19.0 Å². The molecule has 0 amide bonds. The zero-order chi connectivity index (χ0) is 10.3. The highest BCUT2D eigenvalue weighted by molar-refractivity contribution is 5.52. The molecule has 1 unspecified atom stereocenters. The van der Waals surface area contributed by atoms with Crippen molar-refractivity contribution in [1.29, 1.82) is 0 Å². The van der Waals surface area contributed by atoms with E-state index >= 15 is 0 Å². The van der Waals surface area contributed by atoms with Crippen molar-refractivity contribution in [3.63, 3.8) is 0 Å². The maximum atomic E-state index is 3.71. The van der Waals surface area contributed by atoms with Gasteiger partial charge in [-0.15, -0.1) is 0 Å². The summed E-state index contributed by atoms with van der Waals surface area (Å²) in [6.45, 7) is 4.40. The molecule has 1 heterocycles. The molecular weight excluding hydrogens is 184 g/mol. The highest BCUT2D eigenvalue weighted by atomic mass is 15.1. The van der Waals surface area contributed by atoms with Crippen LogP contribution in [-0.2, 0) is 6.54 Å². The molecule has 1 aliphatic carbocycles. The van der Waals surface area contributed by atoms with Crippen molar-refractivity contribution in [3.8, 4) is 0 Å². The van der Waals surface area contributed by atoms with E-state index < -0.39 is 0 Å².